The molecule has 7 heteroatoms. The van der Waals surface area contributed by atoms with Gasteiger partial charge in [0.05, 0.1) is 11.5 Å². The normalized spacial score (nSPS) is 23.8. The zero-order chi connectivity index (χ0) is 14.3. The second-order valence-corrected chi connectivity index (χ2v) is 7.76. The Hall–Kier alpha value is -1.37. The summed E-state index contributed by atoms with van der Waals surface area (Å²) in [5.41, 5.74) is 2.57. The quantitative estimate of drug-likeness (QED) is 0.883. The van der Waals surface area contributed by atoms with Crippen molar-refractivity contribution in [2.45, 2.75) is 38.6 Å². The summed E-state index contributed by atoms with van der Waals surface area (Å²) >= 11 is 0. The van der Waals surface area contributed by atoms with Crippen LogP contribution in [0.5, 0.6) is 0 Å². The first-order valence-electron chi connectivity index (χ1n) is 7.09. The molecule has 1 unspecified atom stereocenters. The fourth-order valence-corrected chi connectivity index (χ4v) is 4.95. The minimum absolute atomic E-state index is 0.0825. The van der Waals surface area contributed by atoms with Gasteiger partial charge in [-0.05, 0) is 32.6 Å². The molecule has 1 atom stereocenters. The number of amides is 1. The van der Waals surface area contributed by atoms with Crippen LogP contribution in [0.2, 0.25) is 0 Å². The molecular formula is C13H19N3O3S. The van der Waals surface area contributed by atoms with Gasteiger partial charge in [0.2, 0.25) is 0 Å². The molecule has 1 fully saturated rings. The number of fused-ring (bicyclic) bond motifs is 1. The lowest BCUT2D eigenvalue weighted by Gasteiger charge is -2.26. The van der Waals surface area contributed by atoms with Gasteiger partial charge in [0, 0.05) is 23.8 Å². The lowest BCUT2D eigenvalue weighted by Crippen LogP contribution is -2.41. The van der Waals surface area contributed by atoms with Gasteiger partial charge in [0.1, 0.15) is 0 Å². The van der Waals surface area contributed by atoms with Crippen molar-refractivity contribution in [2.75, 3.05) is 18.1 Å². The predicted octanol–water partition coefficient (Wildman–Crippen LogP) is 0.548. The third kappa shape index (κ3) is 2.24. The maximum Gasteiger partial charge on any atom is 0.274 e. The number of aromatic amines is 1. The van der Waals surface area contributed by atoms with Crippen molar-refractivity contribution < 1.29 is 13.2 Å². The highest BCUT2D eigenvalue weighted by Crippen LogP contribution is 2.26. The van der Waals surface area contributed by atoms with Crippen LogP contribution in [0.15, 0.2) is 0 Å². The number of nitrogens with one attached hydrogen (secondary N) is 1. The molecular weight excluding hydrogens is 278 g/mol. The van der Waals surface area contributed by atoms with Crippen LogP contribution in [-0.4, -0.2) is 53.5 Å². The van der Waals surface area contributed by atoms with E-state index in [1.807, 2.05) is 6.92 Å². The Bertz CT molecular complexity index is 635. The molecule has 0 radical (unpaired) electrons. The Balaban J connectivity index is 1.84. The molecule has 1 N–H and O–H groups in total. The number of carbonyl (C=O) groups is 1. The molecule has 1 aliphatic heterocycles. The van der Waals surface area contributed by atoms with E-state index in [0.29, 0.717) is 18.7 Å². The van der Waals surface area contributed by atoms with Crippen LogP contribution in [-0.2, 0) is 22.7 Å². The SMILES string of the molecule is CCN(C(=O)c1n[nH]c2c1CCC2)C1CCS(=O)(=O)C1. The first kappa shape index (κ1) is 13.6. The van der Waals surface area contributed by atoms with Crippen molar-refractivity contribution in [1.29, 1.82) is 0 Å². The summed E-state index contributed by atoms with van der Waals surface area (Å²) in [6, 6.07) is -0.203. The molecule has 2 heterocycles. The van der Waals surface area contributed by atoms with Gasteiger partial charge in [-0.1, -0.05) is 0 Å². The van der Waals surface area contributed by atoms with E-state index in [-0.39, 0.29) is 23.5 Å². The van der Waals surface area contributed by atoms with Crippen molar-refractivity contribution in [3.05, 3.63) is 17.0 Å². The van der Waals surface area contributed by atoms with Crippen LogP contribution >= 0.6 is 0 Å². The number of carbonyl (C=O) groups excluding carboxylic acids is 1. The highest BCUT2D eigenvalue weighted by atomic mass is 32.2. The first-order chi connectivity index (χ1) is 9.52. The van der Waals surface area contributed by atoms with E-state index in [0.717, 1.165) is 30.5 Å². The Kier molecular flexibility index (Phi) is 3.32. The minimum Gasteiger partial charge on any atom is -0.333 e. The van der Waals surface area contributed by atoms with Gasteiger partial charge in [0.25, 0.3) is 5.91 Å². The molecule has 1 amide bonds. The highest BCUT2D eigenvalue weighted by molar-refractivity contribution is 7.91. The molecule has 0 aromatic carbocycles. The highest BCUT2D eigenvalue weighted by Gasteiger charge is 2.36. The molecule has 0 spiro atoms. The van der Waals surface area contributed by atoms with Gasteiger partial charge in [-0.3, -0.25) is 9.89 Å². The van der Waals surface area contributed by atoms with Crippen molar-refractivity contribution in [2.24, 2.45) is 0 Å². The Morgan fingerprint density at radius 3 is 2.90 bits per heavy atom. The molecule has 0 saturated carbocycles. The van der Waals surface area contributed by atoms with Crippen molar-refractivity contribution in [3.8, 4) is 0 Å². The summed E-state index contributed by atoms with van der Waals surface area (Å²) in [5.74, 6) is 0.133. The van der Waals surface area contributed by atoms with Gasteiger partial charge in [-0.2, -0.15) is 5.10 Å². The number of hydrogen-bond acceptors (Lipinski definition) is 4. The molecule has 20 heavy (non-hydrogen) atoms. The third-order valence-corrected chi connectivity index (χ3v) is 6.01. The van der Waals surface area contributed by atoms with Gasteiger partial charge in [-0.25, -0.2) is 8.42 Å². The number of rotatable bonds is 3. The topological polar surface area (TPSA) is 83.1 Å². The van der Waals surface area contributed by atoms with Crippen molar-refractivity contribution in [1.82, 2.24) is 15.1 Å². The second-order valence-electron chi connectivity index (χ2n) is 5.53. The van der Waals surface area contributed by atoms with E-state index in [1.165, 1.54) is 0 Å². The van der Waals surface area contributed by atoms with Crippen molar-refractivity contribution in [3.63, 3.8) is 0 Å². The zero-order valence-electron chi connectivity index (χ0n) is 11.6. The predicted molar refractivity (Wildman–Crippen MR) is 74.4 cm³/mol. The van der Waals surface area contributed by atoms with Crippen LogP contribution in [0.1, 0.15) is 41.5 Å². The lowest BCUT2D eigenvalue weighted by atomic mass is 10.1. The monoisotopic (exact) mass is 297 g/mol. The van der Waals surface area contributed by atoms with E-state index >= 15 is 0 Å². The molecule has 1 aromatic rings. The van der Waals surface area contributed by atoms with Crippen LogP contribution in [0, 0.1) is 0 Å². The van der Waals surface area contributed by atoms with Crippen LogP contribution < -0.4 is 0 Å². The van der Waals surface area contributed by atoms with E-state index in [2.05, 4.69) is 10.2 Å². The summed E-state index contributed by atoms with van der Waals surface area (Å²) in [7, 11) is -2.99. The Morgan fingerprint density at radius 2 is 2.25 bits per heavy atom. The van der Waals surface area contributed by atoms with E-state index in [1.54, 1.807) is 4.90 Å². The smallest absolute Gasteiger partial charge is 0.274 e. The minimum atomic E-state index is -2.99. The number of H-pyrrole nitrogens is 1. The fourth-order valence-electron chi connectivity index (χ4n) is 3.22. The van der Waals surface area contributed by atoms with Crippen molar-refractivity contribution >= 4 is 15.7 Å². The van der Waals surface area contributed by atoms with E-state index in [4.69, 9.17) is 0 Å². The molecule has 1 aliphatic carbocycles. The number of aromatic nitrogens is 2. The molecule has 3 rings (SSSR count). The molecule has 110 valence electrons. The molecule has 1 saturated heterocycles. The Labute approximate surface area is 118 Å². The largest absolute Gasteiger partial charge is 0.333 e. The summed E-state index contributed by atoms with van der Waals surface area (Å²) in [5, 5.41) is 7.09. The second kappa shape index (κ2) is 4.87. The van der Waals surface area contributed by atoms with E-state index in [9.17, 15) is 13.2 Å². The first-order valence-corrected chi connectivity index (χ1v) is 8.91. The standard InChI is InChI=1S/C13H19N3O3S/c1-2-16(9-6-7-20(18,19)8-9)13(17)12-10-4-3-5-11(10)14-15-12/h9H,2-8H2,1H3,(H,14,15). The molecule has 1 aromatic heterocycles. The fraction of sp³-hybridized carbons (Fsp3) is 0.692. The van der Waals surface area contributed by atoms with Gasteiger partial charge < -0.3 is 4.90 Å². The van der Waals surface area contributed by atoms with Crippen LogP contribution in [0.3, 0.4) is 0 Å². The average molecular weight is 297 g/mol. The van der Waals surface area contributed by atoms with E-state index < -0.39 is 9.84 Å². The Morgan fingerprint density at radius 1 is 1.45 bits per heavy atom. The maximum absolute atomic E-state index is 12.6. The summed E-state index contributed by atoms with van der Waals surface area (Å²) in [6.07, 6.45) is 3.41. The molecule has 6 nitrogen and oxygen atoms in total. The number of nitrogens with zero attached hydrogens (tertiary/aromatic N) is 2. The van der Waals surface area contributed by atoms with Gasteiger partial charge in [-0.15, -0.1) is 0 Å². The number of aryl methyl sites for hydroxylation is 1. The lowest BCUT2D eigenvalue weighted by molar-refractivity contribution is 0.0701. The summed E-state index contributed by atoms with van der Waals surface area (Å²) < 4.78 is 23.2. The van der Waals surface area contributed by atoms with Gasteiger partial charge in [0.15, 0.2) is 15.5 Å². The zero-order valence-corrected chi connectivity index (χ0v) is 12.4. The maximum atomic E-state index is 12.6. The number of sulfone groups is 1. The molecule has 0 bridgehead atoms. The molecule has 2 aliphatic rings. The summed E-state index contributed by atoms with van der Waals surface area (Å²) in [4.78, 5) is 14.3. The third-order valence-electron chi connectivity index (χ3n) is 4.26. The summed E-state index contributed by atoms with van der Waals surface area (Å²) in [6.45, 7) is 2.40. The van der Waals surface area contributed by atoms with Crippen LogP contribution in [0.4, 0.5) is 0 Å². The number of hydrogen-bond donors (Lipinski definition) is 1. The van der Waals surface area contributed by atoms with Gasteiger partial charge >= 0.3 is 0 Å². The average Bonchev–Trinajstić information content (AvgIpc) is 3.04. The van der Waals surface area contributed by atoms with Crippen LogP contribution in [0.25, 0.3) is 0 Å².